The number of aliphatic hydroxyl groups is 1. The van der Waals surface area contributed by atoms with E-state index in [1.807, 2.05) is 15.7 Å². The molecule has 188 valence electrons. The van der Waals surface area contributed by atoms with Crippen LogP contribution in [0.2, 0.25) is 0 Å². The maximum absolute atomic E-state index is 13.6. The first-order valence-electron chi connectivity index (χ1n) is 12.0. The molecule has 2 fully saturated rings. The molecule has 0 spiro atoms. The average molecular weight is 484 g/mol. The van der Waals surface area contributed by atoms with Crippen LogP contribution in [0.4, 0.5) is 4.79 Å². The number of pyridine rings is 1. The lowest BCUT2D eigenvalue weighted by Gasteiger charge is -2.36. The molecule has 1 atom stereocenters. The largest absolute Gasteiger partial charge is 0.496 e. The van der Waals surface area contributed by atoms with E-state index in [1.54, 1.807) is 33.2 Å². The predicted octanol–water partition coefficient (Wildman–Crippen LogP) is 1.66. The summed E-state index contributed by atoms with van der Waals surface area (Å²) in [6, 6.07) is 1.92. The third-order valence-corrected chi connectivity index (χ3v) is 6.14. The molecule has 1 aliphatic heterocycles. The molecular formula is C24H33BN4O6. The van der Waals surface area contributed by atoms with Crippen molar-refractivity contribution in [2.75, 3.05) is 33.4 Å². The van der Waals surface area contributed by atoms with E-state index in [0.29, 0.717) is 31.8 Å². The van der Waals surface area contributed by atoms with Gasteiger partial charge in [0, 0.05) is 50.2 Å². The summed E-state index contributed by atoms with van der Waals surface area (Å²) in [5.74, 6) is 0.527. The maximum atomic E-state index is 13.6. The topological polar surface area (TPSA) is 106 Å². The quantitative estimate of drug-likeness (QED) is 0.540. The Morgan fingerprint density at radius 1 is 1.37 bits per heavy atom. The molecule has 0 aromatic carbocycles. The van der Waals surface area contributed by atoms with Gasteiger partial charge in [0.15, 0.2) is 6.10 Å². The Bertz CT molecular complexity index is 1060. The van der Waals surface area contributed by atoms with Crippen LogP contribution in [0.15, 0.2) is 18.5 Å². The summed E-state index contributed by atoms with van der Waals surface area (Å²) < 4.78 is 18.7. The molecule has 2 aromatic rings. The first-order valence-corrected chi connectivity index (χ1v) is 12.0. The molecule has 4 rings (SSSR count). The second-order valence-corrected chi connectivity index (χ2v) is 9.61. The van der Waals surface area contributed by atoms with Gasteiger partial charge >= 0.3 is 6.09 Å². The summed E-state index contributed by atoms with van der Waals surface area (Å²) in [4.78, 5) is 34.0. The molecule has 2 aromatic heterocycles. The van der Waals surface area contributed by atoms with E-state index in [0.717, 1.165) is 29.4 Å². The van der Waals surface area contributed by atoms with Gasteiger partial charge in [-0.05, 0) is 39.2 Å². The van der Waals surface area contributed by atoms with Crippen LogP contribution in [-0.4, -0.2) is 95.4 Å². The molecule has 35 heavy (non-hydrogen) atoms. The van der Waals surface area contributed by atoms with Crippen molar-refractivity contribution >= 4 is 30.9 Å². The Morgan fingerprint density at radius 2 is 2.14 bits per heavy atom. The number of aliphatic hydroxyl groups excluding tert-OH is 1. The van der Waals surface area contributed by atoms with Crippen molar-refractivity contribution in [2.24, 2.45) is 0 Å². The summed E-state index contributed by atoms with van der Waals surface area (Å²) in [7, 11) is 7.42. The second-order valence-electron chi connectivity index (χ2n) is 9.61. The Morgan fingerprint density at radius 3 is 2.80 bits per heavy atom. The number of hydrogen-bond acceptors (Lipinski definition) is 7. The van der Waals surface area contributed by atoms with Gasteiger partial charge in [-0.15, -0.1) is 0 Å². The molecule has 1 N–H and O–H groups in total. The minimum absolute atomic E-state index is 0.0744. The summed E-state index contributed by atoms with van der Waals surface area (Å²) in [5.41, 5.74) is 0.565. The van der Waals surface area contributed by atoms with Gasteiger partial charge in [-0.3, -0.25) is 4.79 Å². The van der Waals surface area contributed by atoms with Crippen molar-refractivity contribution in [3.8, 4) is 5.75 Å². The number of morpholine rings is 1. The summed E-state index contributed by atoms with van der Waals surface area (Å²) in [6.07, 6.45) is 4.77. The number of fused-ring (bicyclic) bond motifs is 1. The standard InChI is InChI=1S/C24H33BN4O6/c1-24(2,25)35-23(32)28-10-12-34-19(15-28)22(31)29(17-5-6-17)14-16-13-27(9-4-11-30)21-20(16)18(33-3)7-8-26-21/h7-8,13,17,19,30H,4-6,9-12,14-15H2,1-3H3. The third kappa shape index (κ3) is 5.90. The number of aromatic nitrogens is 2. The fraction of sp³-hybridized carbons (Fsp3) is 0.625. The molecule has 2 aliphatic rings. The molecule has 3 heterocycles. The fourth-order valence-electron chi connectivity index (χ4n) is 4.36. The molecule has 1 saturated carbocycles. The van der Waals surface area contributed by atoms with E-state index in [1.165, 1.54) is 4.90 Å². The highest BCUT2D eigenvalue weighted by Crippen LogP contribution is 2.34. The molecule has 1 aliphatic carbocycles. The first kappa shape index (κ1) is 25.3. The van der Waals surface area contributed by atoms with E-state index in [4.69, 9.17) is 22.1 Å². The molecule has 2 radical (unpaired) electrons. The average Bonchev–Trinajstić information content (AvgIpc) is 3.61. The number of carbonyl (C=O) groups is 2. The molecule has 2 amide bonds. The zero-order valence-corrected chi connectivity index (χ0v) is 20.6. The van der Waals surface area contributed by atoms with Gasteiger partial charge in [-0.1, -0.05) is 0 Å². The number of rotatable bonds is 9. The van der Waals surface area contributed by atoms with E-state index in [2.05, 4.69) is 4.98 Å². The monoisotopic (exact) mass is 484 g/mol. The molecule has 11 heteroatoms. The normalized spacial score (nSPS) is 18.5. The lowest BCUT2D eigenvalue weighted by atomic mass is 9.86. The molecular weight excluding hydrogens is 451 g/mol. The Balaban J connectivity index is 1.56. The van der Waals surface area contributed by atoms with Crippen LogP contribution in [0, 0.1) is 0 Å². The molecule has 0 bridgehead atoms. The van der Waals surface area contributed by atoms with Crippen LogP contribution >= 0.6 is 0 Å². The zero-order chi connectivity index (χ0) is 25.2. The predicted molar refractivity (Wildman–Crippen MR) is 129 cm³/mol. The van der Waals surface area contributed by atoms with Crippen molar-refractivity contribution in [1.82, 2.24) is 19.4 Å². The molecule has 10 nitrogen and oxygen atoms in total. The van der Waals surface area contributed by atoms with Crippen LogP contribution in [0.3, 0.4) is 0 Å². The number of methoxy groups -OCH3 is 1. The van der Waals surface area contributed by atoms with Gasteiger partial charge in [0.25, 0.3) is 5.91 Å². The van der Waals surface area contributed by atoms with E-state index >= 15 is 0 Å². The van der Waals surface area contributed by atoms with Crippen molar-refractivity contribution in [3.05, 3.63) is 24.0 Å². The van der Waals surface area contributed by atoms with Gasteiger partial charge in [0.2, 0.25) is 0 Å². The van der Waals surface area contributed by atoms with E-state index in [9.17, 15) is 14.7 Å². The van der Waals surface area contributed by atoms with Crippen molar-refractivity contribution < 1.29 is 28.9 Å². The van der Waals surface area contributed by atoms with Crippen molar-refractivity contribution in [1.29, 1.82) is 0 Å². The van der Waals surface area contributed by atoms with Crippen molar-refractivity contribution in [2.45, 2.75) is 63.8 Å². The minimum atomic E-state index is -1.10. The van der Waals surface area contributed by atoms with Crippen LogP contribution in [0.1, 0.15) is 38.7 Å². The summed E-state index contributed by atoms with van der Waals surface area (Å²) in [5, 5.41) is 10.2. The van der Waals surface area contributed by atoms with Crippen molar-refractivity contribution in [3.63, 3.8) is 0 Å². The lowest BCUT2D eigenvalue weighted by molar-refractivity contribution is -0.150. The Hall–Kier alpha value is -2.79. The van der Waals surface area contributed by atoms with Gasteiger partial charge in [-0.2, -0.15) is 0 Å². The van der Waals surface area contributed by atoms with Crippen LogP contribution < -0.4 is 4.74 Å². The molecule has 1 unspecified atom stereocenters. The highest BCUT2D eigenvalue weighted by molar-refractivity contribution is 6.14. The second kappa shape index (κ2) is 10.5. The fourth-order valence-corrected chi connectivity index (χ4v) is 4.36. The zero-order valence-electron chi connectivity index (χ0n) is 20.6. The summed E-state index contributed by atoms with van der Waals surface area (Å²) >= 11 is 0. The van der Waals surface area contributed by atoms with E-state index in [-0.39, 0.29) is 31.7 Å². The first-order chi connectivity index (χ1) is 16.7. The van der Waals surface area contributed by atoms with Gasteiger partial charge < -0.3 is 33.7 Å². The van der Waals surface area contributed by atoms with Gasteiger partial charge in [-0.25, -0.2) is 9.78 Å². The third-order valence-electron chi connectivity index (χ3n) is 6.14. The highest BCUT2D eigenvalue weighted by Gasteiger charge is 2.40. The lowest BCUT2D eigenvalue weighted by Crippen LogP contribution is -2.53. The smallest absolute Gasteiger partial charge is 0.409 e. The van der Waals surface area contributed by atoms with E-state index < -0.39 is 17.7 Å². The number of carbonyl (C=O) groups excluding carboxylic acids is 2. The van der Waals surface area contributed by atoms with Gasteiger partial charge in [0.1, 0.15) is 19.2 Å². The minimum Gasteiger partial charge on any atom is -0.496 e. The van der Waals surface area contributed by atoms with Gasteiger partial charge in [0.05, 0.1) is 31.1 Å². The number of hydrogen-bond donors (Lipinski definition) is 1. The highest BCUT2D eigenvalue weighted by atomic mass is 16.6. The summed E-state index contributed by atoms with van der Waals surface area (Å²) in [6.45, 7) is 4.94. The van der Waals surface area contributed by atoms with Crippen LogP contribution in [0.25, 0.3) is 11.0 Å². The molecule has 1 saturated heterocycles. The number of aryl methyl sites for hydroxylation is 1. The van der Waals surface area contributed by atoms with Crippen LogP contribution in [-0.2, 0) is 27.4 Å². The Kier molecular flexibility index (Phi) is 7.56. The number of nitrogens with zero attached hydrogens (tertiary/aromatic N) is 4. The SMILES string of the molecule is [B]C(C)(C)OC(=O)N1CCOC(C(=O)N(Cc2cn(CCCO)c3nccc(OC)c23)C2CC2)C1. The van der Waals surface area contributed by atoms with Crippen LogP contribution in [0.5, 0.6) is 5.75 Å². The number of amides is 2. The maximum Gasteiger partial charge on any atom is 0.409 e. The Labute approximate surface area is 206 Å². The number of ether oxygens (including phenoxy) is 3.